The van der Waals surface area contributed by atoms with Gasteiger partial charge >= 0.3 is 5.97 Å². The molecule has 1 saturated heterocycles. The van der Waals surface area contributed by atoms with E-state index < -0.39 is 17.9 Å². The van der Waals surface area contributed by atoms with Gasteiger partial charge in [-0.05, 0) is 37.1 Å². The van der Waals surface area contributed by atoms with Crippen LogP contribution in [0, 0.1) is 0 Å². The van der Waals surface area contributed by atoms with Crippen LogP contribution in [0.4, 0.5) is 0 Å². The fraction of sp³-hybridized carbons (Fsp3) is 0.312. The lowest BCUT2D eigenvalue weighted by atomic mass is 10.1. The summed E-state index contributed by atoms with van der Waals surface area (Å²) in [5.41, 5.74) is 0.653. The van der Waals surface area contributed by atoms with Crippen LogP contribution in [0.25, 0.3) is 6.08 Å². The number of carboxylic acid groups (broad SMARTS) is 1. The van der Waals surface area contributed by atoms with Gasteiger partial charge in [-0.1, -0.05) is 37.0 Å². The number of rotatable bonds is 6. The van der Waals surface area contributed by atoms with Gasteiger partial charge in [0, 0.05) is 0 Å². The Labute approximate surface area is 149 Å². The van der Waals surface area contributed by atoms with Crippen LogP contribution in [0.3, 0.4) is 0 Å². The van der Waals surface area contributed by atoms with Crippen molar-refractivity contribution in [3.8, 4) is 11.5 Å². The lowest BCUT2D eigenvalue weighted by Crippen LogP contribution is -2.43. The van der Waals surface area contributed by atoms with E-state index >= 15 is 0 Å². The molecule has 1 aliphatic rings. The van der Waals surface area contributed by atoms with E-state index in [1.165, 1.54) is 6.07 Å². The molecule has 0 saturated carbocycles. The van der Waals surface area contributed by atoms with Crippen LogP contribution >= 0.6 is 24.0 Å². The number of aliphatic carboxylic acids is 1. The van der Waals surface area contributed by atoms with Crippen LogP contribution in [-0.2, 0) is 9.59 Å². The highest BCUT2D eigenvalue weighted by atomic mass is 32.2. The molecule has 6 nitrogen and oxygen atoms in total. The molecule has 2 N–H and O–H groups in total. The van der Waals surface area contributed by atoms with Crippen molar-refractivity contribution >= 4 is 46.3 Å². The quantitative estimate of drug-likeness (QED) is 0.590. The normalized spacial score (nSPS) is 17.4. The molecule has 1 unspecified atom stereocenters. The minimum absolute atomic E-state index is 0.0125. The first-order chi connectivity index (χ1) is 11.4. The highest BCUT2D eigenvalue weighted by molar-refractivity contribution is 8.26. The standard InChI is InChI=1S/C16H17NO5S2/c1-3-10(15(20)21)17-14(19)13(24-16(17)23)8-9-5-6-11(18)12(7-9)22-4-2/h5-8,10,18H,3-4H2,1-2H3,(H,20,21)/b13-8-. The van der Waals surface area contributed by atoms with E-state index in [4.69, 9.17) is 17.0 Å². The van der Waals surface area contributed by atoms with Gasteiger partial charge in [-0.25, -0.2) is 4.79 Å². The van der Waals surface area contributed by atoms with Gasteiger partial charge in [0.05, 0.1) is 11.5 Å². The fourth-order valence-corrected chi connectivity index (χ4v) is 3.62. The predicted molar refractivity (Wildman–Crippen MR) is 96.0 cm³/mol. The Morgan fingerprint density at radius 3 is 2.75 bits per heavy atom. The molecule has 1 heterocycles. The van der Waals surface area contributed by atoms with Crippen LogP contribution in [-0.4, -0.2) is 44.0 Å². The average molecular weight is 367 g/mol. The molecule has 1 aliphatic heterocycles. The van der Waals surface area contributed by atoms with E-state index in [2.05, 4.69) is 0 Å². The molecule has 8 heteroatoms. The molecule has 0 aliphatic carbocycles. The van der Waals surface area contributed by atoms with Crippen molar-refractivity contribution in [1.29, 1.82) is 0 Å². The van der Waals surface area contributed by atoms with Crippen molar-refractivity contribution < 1.29 is 24.5 Å². The largest absolute Gasteiger partial charge is 0.504 e. The van der Waals surface area contributed by atoms with Gasteiger partial charge in [-0.15, -0.1) is 0 Å². The summed E-state index contributed by atoms with van der Waals surface area (Å²) in [6.45, 7) is 3.89. The molecule has 0 aromatic heterocycles. The summed E-state index contributed by atoms with van der Waals surface area (Å²) < 4.78 is 5.54. The Morgan fingerprint density at radius 1 is 1.46 bits per heavy atom. The van der Waals surface area contributed by atoms with Crippen molar-refractivity contribution in [2.75, 3.05) is 6.61 Å². The van der Waals surface area contributed by atoms with E-state index in [0.717, 1.165) is 16.7 Å². The van der Waals surface area contributed by atoms with Crippen molar-refractivity contribution in [2.45, 2.75) is 26.3 Å². The third-order valence-corrected chi connectivity index (χ3v) is 4.72. The summed E-state index contributed by atoms with van der Waals surface area (Å²) in [6.07, 6.45) is 1.87. The summed E-state index contributed by atoms with van der Waals surface area (Å²) in [6, 6.07) is 3.75. The maximum absolute atomic E-state index is 12.5. The van der Waals surface area contributed by atoms with Crippen molar-refractivity contribution in [1.82, 2.24) is 4.90 Å². The van der Waals surface area contributed by atoms with Crippen molar-refractivity contribution in [3.63, 3.8) is 0 Å². The van der Waals surface area contributed by atoms with Crippen LogP contribution in [0.1, 0.15) is 25.8 Å². The number of phenols is 1. The molecule has 1 aromatic carbocycles. The summed E-state index contributed by atoms with van der Waals surface area (Å²) in [4.78, 5) is 25.3. The monoisotopic (exact) mass is 367 g/mol. The van der Waals surface area contributed by atoms with E-state index in [-0.39, 0.29) is 16.5 Å². The number of carboxylic acids is 1. The van der Waals surface area contributed by atoms with Gasteiger partial charge in [0.15, 0.2) is 11.5 Å². The molecule has 1 atom stereocenters. The summed E-state index contributed by atoms with van der Waals surface area (Å²) in [5.74, 6) is -1.18. The minimum Gasteiger partial charge on any atom is -0.504 e. The molecule has 1 amide bonds. The SMILES string of the molecule is CCOc1cc(/C=C2\SC(=S)N(C(CC)C(=O)O)C2=O)ccc1O. The number of thioether (sulfide) groups is 1. The second-order valence-electron chi connectivity index (χ2n) is 4.97. The number of aromatic hydroxyl groups is 1. The first-order valence-corrected chi connectivity index (χ1v) is 8.57. The zero-order valence-corrected chi connectivity index (χ0v) is 14.8. The highest BCUT2D eigenvalue weighted by Gasteiger charge is 2.39. The summed E-state index contributed by atoms with van der Waals surface area (Å²) >= 11 is 6.22. The summed E-state index contributed by atoms with van der Waals surface area (Å²) in [7, 11) is 0. The summed E-state index contributed by atoms with van der Waals surface area (Å²) in [5, 5.41) is 19.0. The average Bonchev–Trinajstić information content (AvgIpc) is 2.79. The second kappa shape index (κ2) is 7.67. The Kier molecular flexibility index (Phi) is 5.84. The van der Waals surface area contributed by atoms with Gasteiger partial charge in [0.25, 0.3) is 5.91 Å². The van der Waals surface area contributed by atoms with Crippen LogP contribution in [0.15, 0.2) is 23.1 Å². The molecule has 1 fully saturated rings. The van der Waals surface area contributed by atoms with Crippen molar-refractivity contribution in [3.05, 3.63) is 28.7 Å². The smallest absolute Gasteiger partial charge is 0.326 e. The first-order valence-electron chi connectivity index (χ1n) is 7.34. The third kappa shape index (κ3) is 3.70. The van der Waals surface area contributed by atoms with Crippen LogP contribution in [0.5, 0.6) is 11.5 Å². The van der Waals surface area contributed by atoms with E-state index in [0.29, 0.717) is 22.8 Å². The number of carbonyl (C=O) groups is 2. The molecule has 0 spiro atoms. The van der Waals surface area contributed by atoms with E-state index in [9.17, 15) is 19.8 Å². The number of thiocarbonyl (C=S) groups is 1. The molecule has 0 bridgehead atoms. The Balaban J connectivity index is 2.32. The van der Waals surface area contributed by atoms with Crippen molar-refractivity contribution in [2.24, 2.45) is 0 Å². The lowest BCUT2D eigenvalue weighted by molar-refractivity contribution is -0.145. The number of hydrogen-bond acceptors (Lipinski definition) is 6. The van der Waals surface area contributed by atoms with E-state index in [1.807, 2.05) is 0 Å². The zero-order chi connectivity index (χ0) is 17.9. The first kappa shape index (κ1) is 18.3. The maximum atomic E-state index is 12.5. The van der Waals surface area contributed by atoms with Gasteiger partial charge in [-0.2, -0.15) is 0 Å². The third-order valence-electron chi connectivity index (χ3n) is 3.39. The number of phenolic OH excluding ortho intramolecular Hbond substituents is 1. The van der Waals surface area contributed by atoms with Crippen LogP contribution < -0.4 is 4.74 Å². The van der Waals surface area contributed by atoms with Gasteiger partial charge < -0.3 is 14.9 Å². The molecule has 2 rings (SSSR count). The lowest BCUT2D eigenvalue weighted by Gasteiger charge is -2.21. The van der Waals surface area contributed by atoms with Gasteiger partial charge in [-0.3, -0.25) is 9.69 Å². The number of carbonyl (C=O) groups excluding carboxylic acids is 1. The topological polar surface area (TPSA) is 87.1 Å². The number of ether oxygens (including phenoxy) is 1. The molecule has 128 valence electrons. The zero-order valence-electron chi connectivity index (χ0n) is 13.2. The molecule has 24 heavy (non-hydrogen) atoms. The number of nitrogens with zero attached hydrogens (tertiary/aromatic N) is 1. The Morgan fingerprint density at radius 2 is 2.17 bits per heavy atom. The number of benzene rings is 1. The Bertz CT molecular complexity index is 716. The molecule has 0 radical (unpaired) electrons. The highest BCUT2D eigenvalue weighted by Crippen LogP contribution is 2.36. The van der Waals surface area contributed by atoms with Crippen LogP contribution in [0.2, 0.25) is 0 Å². The minimum atomic E-state index is -1.08. The second-order valence-corrected chi connectivity index (χ2v) is 6.65. The van der Waals surface area contributed by atoms with Gasteiger partial charge in [0.1, 0.15) is 10.4 Å². The Hall–Kier alpha value is -2.06. The molecule has 1 aromatic rings. The van der Waals surface area contributed by atoms with E-state index in [1.54, 1.807) is 32.1 Å². The maximum Gasteiger partial charge on any atom is 0.326 e. The number of amides is 1. The number of hydrogen-bond donors (Lipinski definition) is 2. The predicted octanol–water partition coefficient (Wildman–Crippen LogP) is 2.86. The molecular formula is C16H17NO5S2. The molecular weight excluding hydrogens is 350 g/mol. The fourth-order valence-electron chi connectivity index (χ4n) is 2.26. The van der Waals surface area contributed by atoms with Gasteiger partial charge in [0.2, 0.25) is 0 Å².